The summed E-state index contributed by atoms with van der Waals surface area (Å²) in [6.45, 7) is 3.46. The van der Waals surface area contributed by atoms with Crippen molar-refractivity contribution in [2.45, 2.75) is 128 Å². The first-order valence-electron chi connectivity index (χ1n) is 16.8. The normalized spacial score (nSPS) is 18.3. The molecule has 0 aromatic carbocycles. The maximum absolute atomic E-state index is 12.4. The summed E-state index contributed by atoms with van der Waals surface area (Å²) in [6, 6.07) is -0.832. The molecule has 44 heavy (non-hydrogen) atoms. The second kappa shape index (κ2) is 23.6. The molecule has 0 aliphatic carbocycles. The summed E-state index contributed by atoms with van der Waals surface area (Å²) in [6.07, 6.45) is 23.0. The van der Waals surface area contributed by atoms with Crippen molar-refractivity contribution in [1.29, 1.82) is 0 Å². The first-order valence-corrected chi connectivity index (χ1v) is 18.5. The topological polar surface area (TPSA) is 158 Å². The molecule has 2 aliphatic heterocycles. The van der Waals surface area contributed by atoms with Crippen molar-refractivity contribution in [3.05, 3.63) is 0 Å². The fourth-order valence-electron chi connectivity index (χ4n) is 5.25. The van der Waals surface area contributed by atoms with Gasteiger partial charge in [0.25, 0.3) is 5.91 Å². The van der Waals surface area contributed by atoms with Crippen LogP contribution >= 0.6 is 7.60 Å². The van der Waals surface area contributed by atoms with E-state index in [4.69, 9.17) is 24.5 Å². The number of rotatable bonds is 29. The van der Waals surface area contributed by atoms with Gasteiger partial charge < -0.3 is 34.3 Å². The van der Waals surface area contributed by atoms with E-state index in [-0.39, 0.29) is 32.3 Å². The van der Waals surface area contributed by atoms with E-state index in [1.165, 1.54) is 110 Å². The molecule has 0 spiro atoms. The predicted octanol–water partition coefficient (Wildman–Crippen LogP) is 5.81. The lowest BCUT2D eigenvalue weighted by Crippen LogP contribution is -2.44. The SMILES string of the molecule is CCCCCCCCCCCCCCCCCCCOCCOP(=O)(O)CO[C@@H](COC)CN1C=NC2C(=O)N=C(N)N=C21. The minimum atomic E-state index is -3.99. The zero-order chi connectivity index (χ0) is 31.9. The van der Waals surface area contributed by atoms with Crippen LogP contribution in [0.25, 0.3) is 0 Å². The summed E-state index contributed by atoms with van der Waals surface area (Å²) >= 11 is 0. The van der Waals surface area contributed by atoms with Gasteiger partial charge in [-0.2, -0.15) is 9.98 Å². The van der Waals surface area contributed by atoms with E-state index in [9.17, 15) is 14.3 Å². The Labute approximate surface area is 264 Å². The van der Waals surface area contributed by atoms with E-state index in [2.05, 4.69) is 21.9 Å². The summed E-state index contributed by atoms with van der Waals surface area (Å²) < 4.78 is 34.0. The predicted molar refractivity (Wildman–Crippen MR) is 175 cm³/mol. The zero-order valence-corrected chi connectivity index (χ0v) is 28.1. The van der Waals surface area contributed by atoms with Crippen LogP contribution in [0.15, 0.2) is 15.0 Å². The van der Waals surface area contributed by atoms with Gasteiger partial charge in [0.2, 0.25) is 5.96 Å². The van der Waals surface area contributed by atoms with Crippen LogP contribution in [0, 0.1) is 0 Å². The van der Waals surface area contributed by atoms with Gasteiger partial charge in [0.15, 0.2) is 6.04 Å². The largest absolute Gasteiger partial charge is 0.382 e. The molecule has 0 fully saturated rings. The van der Waals surface area contributed by atoms with Crippen LogP contribution in [0.4, 0.5) is 0 Å². The number of aliphatic imine (C=N–C) groups is 3. The standard InChI is InChI=1S/C31H58N5O7P/c1-3-4-5-6-7-8-9-10-11-12-13-14-15-16-17-18-19-20-41-21-22-43-44(38,39)26-42-27(24-40-2)23-36-25-33-28-29(36)34-31(32)35-30(28)37/h25,27-28H,3-24,26H2,1-2H3,(H,38,39)(H2,32,35,37)/t27-,28?/m1/s1. The lowest BCUT2D eigenvalue weighted by molar-refractivity contribution is -0.117. The third kappa shape index (κ3) is 17.1. The van der Waals surface area contributed by atoms with Gasteiger partial charge in [0, 0.05) is 13.7 Å². The van der Waals surface area contributed by atoms with Crippen LogP contribution in [0.1, 0.15) is 116 Å². The molecule has 0 radical (unpaired) electrons. The van der Waals surface area contributed by atoms with E-state index in [1.807, 2.05) is 0 Å². The van der Waals surface area contributed by atoms with Gasteiger partial charge in [0.1, 0.15) is 12.2 Å². The zero-order valence-electron chi connectivity index (χ0n) is 27.2. The maximum atomic E-state index is 12.4. The van der Waals surface area contributed by atoms with Crippen molar-refractivity contribution < 1.29 is 33.0 Å². The summed E-state index contributed by atoms with van der Waals surface area (Å²) in [4.78, 5) is 35.6. The molecule has 12 nitrogen and oxygen atoms in total. The van der Waals surface area contributed by atoms with Gasteiger partial charge in [-0.15, -0.1) is 0 Å². The van der Waals surface area contributed by atoms with Crippen molar-refractivity contribution in [2.75, 3.05) is 46.4 Å². The molecule has 0 saturated carbocycles. The highest BCUT2D eigenvalue weighted by Gasteiger charge is 2.36. The number of amidine groups is 1. The van der Waals surface area contributed by atoms with E-state index in [0.29, 0.717) is 12.4 Å². The average molecular weight is 644 g/mol. The average Bonchev–Trinajstić information content (AvgIpc) is 3.39. The number of carbonyl (C=O) groups is 1. The minimum absolute atomic E-state index is 0.00301. The lowest BCUT2D eigenvalue weighted by atomic mass is 10.0. The second-order valence-electron chi connectivity index (χ2n) is 11.7. The number of carbonyl (C=O) groups excluding carboxylic acids is 1. The fraction of sp³-hybridized carbons (Fsp3) is 0.871. The summed E-state index contributed by atoms with van der Waals surface area (Å²) in [5.41, 5.74) is 5.60. The first kappa shape index (κ1) is 38.5. The molecule has 0 saturated heterocycles. The number of hydrogen-bond acceptors (Lipinski definition) is 10. The molecular formula is C31H58N5O7P. The molecule has 13 heteroatoms. The van der Waals surface area contributed by atoms with Gasteiger partial charge in [-0.05, 0) is 6.42 Å². The van der Waals surface area contributed by atoms with Crippen LogP contribution in [-0.4, -0.2) is 92.4 Å². The number of ether oxygens (including phenoxy) is 3. The highest BCUT2D eigenvalue weighted by atomic mass is 31.2. The Kier molecular flexibility index (Phi) is 20.7. The van der Waals surface area contributed by atoms with Gasteiger partial charge >= 0.3 is 7.60 Å². The summed E-state index contributed by atoms with van der Waals surface area (Å²) in [5.74, 6) is -0.287. The molecule has 254 valence electrons. The Balaban J connectivity index is 1.41. The van der Waals surface area contributed by atoms with Crippen molar-refractivity contribution in [2.24, 2.45) is 20.7 Å². The molecule has 0 aromatic rings. The molecule has 2 rings (SSSR count). The molecule has 0 aromatic heterocycles. The summed E-state index contributed by atoms with van der Waals surface area (Å²) in [5, 5.41) is 0. The quantitative estimate of drug-likeness (QED) is 0.0758. The number of unbranched alkanes of at least 4 members (excludes halogenated alkanes) is 16. The molecule has 2 unspecified atom stereocenters. The summed E-state index contributed by atoms with van der Waals surface area (Å²) in [7, 11) is -2.50. The number of fused-ring (bicyclic) bond motifs is 1. The lowest BCUT2D eigenvalue weighted by Gasteiger charge is -2.25. The Hall–Kier alpha value is -1.69. The van der Waals surface area contributed by atoms with E-state index in [1.54, 1.807) is 4.90 Å². The highest BCUT2D eigenvalue weighted by Crippen LogP contribution is 2.41. The monoisotopic (exact) mass is 643 g/mol. The van der Waals surface area contributed by atoms with Crippen LogP contribution in [0.3, 0.4) is 0 Å². The van der Waals surface area contributed by atoms with Crippen molar-refractivity contribution in [1.82, 2.24) is 4.90 Å². The van der Waals surface area contributed by atoms with Gasteiger partial charge in [-0.3, -0.25) is 14.4 Å². The number of nitrogens with two attached hydrogens (primary N) is 1. The van der Waals surface area contributed by atoms with Crippen molar-refractivity contribution >= 4 is 31.6 Å². The molecule has 0 bridgehead atoms. The molecular weight excluding hydrogens is 585 g/mol. The van der Waals surface area contributed by atoms with Gasteiger partial charge in [0.05, 0.1) is 38.8 Å². The smallest absolute Gasteiger partial charge is 0.353 e. The Morgan fingerprint density at radius 1 is 0.886 bits per heavy atom. The van der Waals surface area contributed by atoms with Crippen LogP contribution in [0.5, 0.6) is 0 Å². The van der Waals surface area contributed by atoms with E-state index in [0.717, 1.165) is 12.8 Å². The number of nitrogens with zero attached hydrogens (tertiary/aromatic N) is 4. The molecule has 2 heterocycles. The van der Waals surface area contributed by atoms with Gasteiger partial charge in [-0.25, -0.2) is 0 Å². The van der Waals surface area contributed by atoms with E-state index < -0.39 is 32.0 Å². The highest BCUT2D eigenvalue weighted by molar-refractivity contribution is 7.52. The third-order valence-electron chi connectivity index (χ3n) is 7.72. The Morgan fingerprint density at radius 3 is 2.02 bits per heavy atom. The van der Waals surface area contributed by atoms with Crippen LogP contribution < -0.4 is 5.73 Å². The van der Waals surface area contributed by atoms with E-state index >= 15 is 0 Å². The number of guanidine groups is 1. The van der Waals surface area contributed by atoms with Crippen molar-refractivity contribution in [3.63, 3.8) is 0 Å². The molecule has 3 N–H and O–H groups in total. The van der Waals surface area contributed by atoms with Crippen LogP contribution in [0.2, 0.25) is 0 Å². The number of amides is 1. The Bertz CT molecular complexity index is 933. The van der Waals surface area contributed by atoms with Crippen LogP contribution in [-0.2, 0) is 28.1 Å². The van der Waals surface area contributed by atoms with Crippen molar-refractivity contribution in [3.8, 4) is 0 Å². The minimum Gasteiger partial charge on any atom is -0.382 e. The molecule has 3 atom stereocenters. The number of methoxy groups -OCH3 is 1. The maximum Gasteiger partial charge on any atom is 0.353 e. The second-order valence-corrected chi connectivity index (χ2v) is 13.5. The fourth-order valence-corrected chi connectivity index (χ4v) is 6.09. The third-order valence-corrected chi connectivity index (χ3v) is 8.78. The Morgan fingerprint density at radius 2 is 1.45 bits per heavy atom. The molecule has 1 amide bonds. The molecule has 2 aliphatic rings. The van der Waals surface area contributed by atoms with Gasteiger partial charge in [-0.1, -0.05) is 110 Å². The number of hydrogen-bond donors (Lipinski definition) is 2. The first-order chi connectivity index (χ1) is 21.4.